The molecule has 0 saturated carbocycles. The Morgan fingerprint density at radius 2 is 0.581 bits per heavy atom. The highest BCUT2D eigenvalue weighted by Gasteiger charge is 2.22. The number of rotatable bonds is 68. The maximum Gasteiger partial charge on any atom is 0.306 e. The van der Waals surface area contributed by atoms with Crippen LogP contribution in [0.4, 0.5) is 0 Å². The highest BCUT2D eigenvalue weighted by Crippen LogP contribution is 2.17. The summed E-state index contributed by atoms with van der Waals surface area (Å²) < 4.78 is 22.8. The highest BCUT2D eigenvalue weighted by atomic mass is 16.7. The van der Waals surface area contributed by atoms with Gasteiger partial charge in [-0.2, -0.15) is 0 Å². The van der Waals surface area contributed by atoms with Crippen LogP contribution in [0.3, 0.4) is 0 Å². The number of carbonyl (C=O) groups is 3. The largest absolute Gasteiger partial charge is 0.545 e. The number of ether oxygens (including phenoxy) is 4. The molecule has 0 aliphatic heterocycles. The van der Waals surface area contributed by atoms with Crippen molar-refractivity contribution >= 4 is 17.9 Å². The first-order valence-corrected chi connectivity index (χ1v) is 37.6. The fourth-order valence-corrected chi connectivity index (χ4v) is 10.1. The molecule has 0 aromatic heterocycles. The van der Waals surface area contributed by atoms with Gasteiger partial charge in [-0.15, -0.1) is 0 Å². The smallest absolute Gasteiger partial charge is 0.306 e. The number of esters is 2. The molecule has 528 valence electrons. The van der Waals surface area contributed by atoms with E-state index in [0.717, 1.165) is 135 Å². The van der Waals surface area contributed by atoms with Crippen LogP contribution in [-0.2, 0) is 33.3 Å². The summed E-state index contributed by atoms with van der Waals surface area (Å²) in [6.45, 7) is 4.52. The molecule has 0 aliphatic carbocycles. The molecular weight excluding hydrogens is 1150 g/mol. The van der Waals surface area contributed by atoms with Crippen LogP contribution >= 0.6 is 0 Å². The molecule has 93 heavy (non-hydrogen) atoms. The number of aliphatic carboxylic acids is 1. The summed E-state index contributed by atoms with van der Waals surface area (Å²) in [6, 6.07) is 0. The number of carboxylic acid groups (broad SMARTS) is 1. The standard InChI is InChI=1S/C84H139NO8/c1-6-8-10-12-14-16-18-20-22-24-26-28-30-32-34-35-36-37-38-39-40-41-42-43-44-45-46-47-49-51-53-55-57-59-61-63-65-67-69-71-73-75-82(87)93-80(79-92-84(83(88)89)90-77-76-85(3,4)5)78-91-81(86)74-72-70-68-66-64-62-60-58-56-54-52-50-48-33-31-29-27-25-23-21-19-17-15-13-11-9-7-2/h8-11,14-17,20-23,26-29,32-34,36-37,39-40,48,52,54,80,84H,6-7,12-13,18-19,24-25,30-31,35,38,41-47,49-51,53,55-79H2,1-5H3/b10-8-,11-9-,16-14-,17-15-,22-20-,23-21-,28-26-,29-27-,34-32-,37-36-,40-39-,48-33-,54-52-. The summed E-state index contributed by atoms with van der Waals surface area (Å²) in [6.07, 6.45) is 105. The molecule has 0 rings (SSSR count). The highest BCUT2D eigenvalue weighted by molar-refractivity contribution is 5.70. The van der Waals surface area contributed by atoms with Crippen molar-refractivity contribution in [1.29, 1.82) is 0 Å². The zero-order chi connectivity index (χ0) is 67.5. The predicted molar refractivity (Wildman–Crippen MR) is 398 cm³/mol. The molecule has 0 saturated heterocycles. The second kappa shape index (κ2) is 72.7. The van der Waals surface area contributed by atoms with E-state index in [9.17, 15) is 19.5 Å². The summed E-state index contributed by atoms with van der Waals surface area (Å²) in [5.41, 5.74) is 0. The number of carbonyl (C=O) groups excluding carboxylic acids is 3. The van der Waals surface area contributed by atoms with Gasteiger partial charge in [0.15, 0.2) is 12.4 Å². The van der Waals surface area contributed by atoms with Gasteiger partial charge in [0.05, 0.1) is 40.3 Å². The number of carboxylic acids is 1. The van der Waals surface area contributed by atoms with Crippen LogP contribution < -0.4 is 5.11 Å². The lowest BCUT2D eigenvalue weighted by Gasteiger charge is -2.26. The van der Waals surface area contributed by atoms with E-state index >= 15 is 0 Å². The van der Waals surface area contributed by atoms with Crippen molar-refractivity contribution in [2.75, 3.05) is 47.5 Å². The number of quaternary nitrogens is 1. The van der Waals surface area contributed by atoms with Crippen molar-refractivity contribution in [2.45, 2.75) is 309 Å². The van der Waals surface area contributed by atoms with Gasteiger partial charge in [0.25, 0.3) is 0 Å². The average molecular weight is 1290 g/mol. The van der Waals surface area contributed by atoms with Crippen LogP contribution in [0.5, 0.6) is 0 Å². The molecule has 0 aromatic carbocycles. The SMILES string of the molecule is CC/C=C\C/C=C\C/C=C\C/C=C\C/C=C\C/C=C\C/C=C\CCCCCCCCCCCCCCCCCCCCCC(=O)OC(COC(=O)CCCCCCCCCC/C=C\C/C=C\C/C=C\C/C=C\C/C=C\C/C=C\CC)COC(OCC[N+](C)(C)C)C(=O)[O-]. The number of likely N-dealkylation sites (N-methyl/N-ethyl adjacent to an activating group) is 1. The molecule has 0 aliphatic rings. The Balaban J connectivity index is 4.08. The van der Waals surface area contributed by atoms with Gasteiger partial charge >= 0.3 is 11.9 Å². The maximum absolute atomic E-state index is 13.0. The first-order chi connectivity index (χ1) is 45.6. The third kappa shape index (κ3) is 74.2. The molecule has 0 heterocycles. The third-order valence-corrected chi connectivity index (χ3v) is 15.8. The Morgan fingerprint density at radius 3 is 0.860 bits per heavy atom. The molecule has 0 bridgehead atoms. The van der Waals surface area contributed by atoms with E-state index < -0.39 is 24.3 Å². The lowest BCUT2D eigenvalue weighted by Crippen LogP contribution is -2.44. The molecule has 0 aromatic rings. The number of unbranched alkanes of at least 4 members (excludes halogenated alkanes) is 27. The second-order valence-electron chi connectivity index (χ2n) is 25.8. The lowest BCUT2D eigenvalue weighted by molar-refractivity contribution is -0.870. The minimum atomic E-state index is -1.63. The van der Waals surface area contributed by atoms with Gasteiger partial charge in [-0.25, -0.2) is 0 Å². The molecule has 0 spiro atoms. The van der Waals surface area contributed by atoms with Gasteiger partial charge in [0.2, 0.25) is 0 Å². The van der Waals surface area contributed by atoms with Gasteiger partial charge in [-0.3, -0.25) is 9.59 Å². The van der Waals surface area contributed by atoms with E-state index in [1.54, 1.807) is 0 Å². The van der Waals surface area contributed by atoms with E-state index in [1.807, 2.05) is 21.1 Å². The third-order valence-electron chi connectivity index (χ3n) is 15.8. The average Bonchev–Trinajstić information content (AvgIpc) is 3.38. The molecule has 0 N–H and O–H groups in total. The first-order valence-electron chi connectivity index (χ1n) is 37.6. The quantitative estimate of drug-likeness (QED) is 0.0195. The minimum Gasteiger partial charge on any atom is -0.545 e. The molecule has 0 amide bonds. The van der Waals surface area contributed by atoms with Crippen molar-refractivity contribution in [2.24, 2.45) is 0 Å². The summed E-state index contributed by atoms with van der Waals surface area (Å²) in [7, 11) is 5.93. The molecular formula is C84H139NO8. The monoisotopic (exact) mass is 1290 g/mol. The number of allylic oxidation sites excluding steroid dienone is 26. The van der Waals surface area contributed by atoms with Gasteiger partial charge in [-0.05, 0) is 122 Å². The molecule has 9 heteroatoms. The van der Waals surface area contributed by atoms with Crippen LogP contribution in [0.2, 0.25) is 0 Å². The van der Waals surface area contributed by atoms with Gasteiger partial charge in [0.1, 0.15) is 13.2 Å². The van der Waals surface area contributed by atoms with Crippen LogP contribution in [0, 0.1) is 0 Å². The summed E-state index contributed by atoms with van der Waals surface area (Å²) >= 11 is 0. The fraction of sp³-hybridized carbons (Fsp3) is 0.655. The van der Waals surface area contributed by atoms with E-state index in [0.29, 0.717) is 17.4 Å². The Hall–Kier alpha value is -5.09. The second-order valence-corrected chi connectivity index (χ2v) is 25.8. The van der Waals surface area contributed by atoms with E-state index in [1.165, 1.54) is 128 Å². The summed E-state index contributed by atoms with van der Waals surface area (Å²) in [5, 5.41) is 11.8. The van der Waals surface area contributed by atoms with Crippen LogP contribution in [0.1, 0.15) is 296 Å². The molecule has 0 fully saturated rings. The van der Waals surface area contributed by atoms with Gasteiger partial charge < -0.3 is 33.3 Å². The molecule has 2 unspecified atom stereocenters. The Kier molecular flexibility index (Phi) is 68.8. The number of hydrogen-bond donors (Lipinski definition) is 0. The number of hydrogen-bond acceptors (Lipinski definition) is 8. The van der Waals surface area contributed by atoms with Crippen LogP contribution in [0.15, 0.2) is 158 Å². The van der Waals surface area contributed by atoms with Crippen molar-refractivity contribution in [3.63, 3.8) is 0 Å². The van der Waals surface area contributed by atoms with E-state index in [-0.39, 0.29) is 38.6 Å². The maximum atomic E-state index is 13.0. The predicted octanol–water partition coefficient (Wildman–Crippen LogP) is 22.7. The minimum absolute atomic E-state index is 0.140. The molecule has 0 radical (unpaired) electrons. The van der Waals surface area contributed by atoms with Crippen molar-refractivity contribution < 1.29 is 42.9 Å². The van der Waals surface area contributed by atoms with E-state index in [4.69, 9.17) is 18.9 Å². The molecule has 9 nitrogen and oxygen atoms in total. The zero-order valence-corrected chi connectivity index (χ0v) is 60.3. The van der Waals surface area contributed by atoms with Gasteiger partial charge in [0, 0.05) is 12.8 Å². The van der Waals surface area contributed by atoms with Crippen LogP contribution in [-0.4, -0.2) is 82.3 Å². The normalized spacial score (nSPS) is 13.6. The Labute approximate surface area is 572 Å². The van der Waals surface area contributed by atoms with Gasteiger partial charge in [-0.1, -0.05) is 320 Å². The zero-order valence-electron chi connectivity index (χ0n) is 60.3. The summed E-state index contributed by atoms with van der Waals surface area (Å²) in [4.78, 5) is 37.6. The summed E-state index contributed by atoms with van der Waals surface area (Å²) in [5.74, 6) is -2.29. The lowest BCUT2D eigenvalue weighted by atomic mass is 10.0. The Morgan fingerprint density at radius 1 is 0.323 bits per heavy atom. The van der Waals surface area contributed by atoms with Crippen molar-refractivity contribution in [3.8, 4) is 0 Å². The van der Waals surface area contributed by atoms with E-state index in [2.05, 4.69) is 172 Å². The Bertz CT molecular complexity index is 2090. The van der Waals surface area contributed by atoms with Crippen molar-refractivity contribution in [3.05, 3.63) is 158 Å². The number of nitrogens with zero attached hydrogens (tertiary/aromatic N) is 1. The van der Waals surface area contributed by atoms with Crippen molar-refractivity contribution in [1.82, 2.24) is 0 Å². The topological polar surface area (TPSA) is 111 Å². The first kappa shape index (κ1) is 87.9. The fourth-order valence-electron chi connectivity index (χ4n) is 10.1. The molecule has 2 atom stereocenters. The van der Waals surface area contributed by atoms with Crippen LogP contribution in [0.25, 0.3) is 0 Å².